The normalized spacial score (nSPS) is 12.0. The van der Waals surface area contributed by atoms with E-state index in [1.54, 1.807) is 0 Å². The zero-order chi connectivity index (χ0) is 11.4. The SMILES string of the molecule is C1=Cc2cccc3cccc(c23)C1.C=C[SiH3]. The first-order chi connectivity index (χ1) is 7.86. The van der Waals surface area contributed by atoms with E-state index in [2.05, 4.69) is 55.1 Å². The summed E-state index contributed by atoms with van der Waals surface area (Å²) in [6.07, 6.45) is 5.53. The first kappa shape index (κ1) is 10.9. The van der Waals surface area contributed by atoms with Gasteiger partial charge in [-0.05, 0) is 28.3 Å². The van der Waals surface area contributed by atoms with E-state index in [0.717, 1.165) is 16.7 Å². The van der Waals surface area contributed by atoms with Crippen LogP contribution >= 0.6 is 0 Å². The first-order valence-corrected chi connectivity index (χ1v) is 6.76. The van der Waals surface area contributed by atoms with Crippen molar-refractivity contribution in [1.29, 1.82) is 0 Å². The van der Waals surface area contributed by atoms with Gasteiger partial charge in [-0.1, -0.05) is 48.6 Å². The number of rotatable bonds is 0. The summed E-state index contributed by atoms with van der Waals surface area (Å²) in [4.78, 5) is 0. The van der Waals surface area contributed by atoms with Gasteiger partial charge in [0, 0.05) is 10.2 Å². The first-order valence-electron chi connectivity index (χ1n) is 5.61. The summed E-state index contributed by atoms with van der Waals surface area (Å²) >= 11 is 0. The molecule has 2 aromatic carbocycles. The van der Waals surface area contributed by atoms with Gasteiger partial charge in [0.05, 0.1) is 0 Å². The van der Waals surface area contributed by atoms with Gasteiger partial charge in [0.15, 0.2) is 0 Å². The maximum Gasteiger partial charge on any atom is 0.0283 e. The van der Waals surface area contributed by atoms with Crippen molar-refractivity contribution < 1.29 is 0 Å². The Balaban J connectivity index is 0.000000292. The number of benzene rings is 2. The van der Waals surface area contributed by atoms with Crippen LogP contribution in [0.2, 0.25) is 0 Å². The van der Waals surface area contributed by atoms with Gasteiger partial charge >= 0.3 is 0 Å². The molecule has 0 fully saturated rings. The highest BCUT2D eigenvalue weighted by atomic mass is 28.1. The summed E-state index contributed by atoms with van der Waals surface area (Å²) in [5.74, 6) is 0. The standard InChI is InChI=1S/C13H10.C2H6Si/c1-4-10-6-2-8-12-9-3-7-11(5-1)13(10)12;1-2-3/h1-8H,9H2;2H,1H2,3H3. The summed E-state index contributed by atoms with van der Waals surface area (Å²) in [7, 11) is 1.13. The monoisotopic (exact) mass is 224 g/mol. The Morgan fingerprint density at radius 2 is 1.81 bits per heavy atom. The smallest absolute Gasteiger partial charge is 0.0283 e. The van der Waals surface area contributed by atoms with Crippen LogP contribution in [-0.4, -0.2) is 10.2 Å². The van der Waals surface area contributed by atoms with Gasteiger partial charge in [-0.15, -0.1) is 12.3 Å². The van der Waals surface area contributed by atoms with Crippen LogP contribution in [-0.2, 0) is 6.42 Å². The Labute approximate surface area is 99.7 Å². The van der Waals surface area contributed by atoms with Gasteiger partial charge in [0.2, 0.25) is 0 Å². The predicted molar refractivity (Wildman–Crippen MR) is 76.8 cm³/mol. The second kappa shape index (κ2) is 4.95. The molecule has 1 aliphatic rings. The van der Waals surface area contributed by atoms with E-state index in [1.165, 1.54) is 21.9 Å². The van der Waals surface area contributed by atoms with Gasteiger partial charge in [0.25, 0.3) is 0 Å². The molecular formula is C15H16Si. The lowest BCUT2D eigenvalue weighted by molar-refractivity contribution is 1.29. The van der Waals surface area contributed by atoms with Gasteiger partial charge in [-0.2, -0.15) is 0 Å². The average molecular weight is 224 g/mol. The molecular weight excluding hydrogens is 208 g/mol. The van der Waals surface area contributed by atoms with Crippen molar-refractivity contribution in [2.45, 2.75) is 6.42 Å². The molecule has 0 saturated heterocycles. The Bertz CT molecular complexity index is 533. The van der Waals surface area contributed by atoms with Gasteiger partial charge < -0.3 is 0 Å². The van der Waals surface area contributed by atoms with Gasteiger partial charge in [-0.3, -0.25) is 0 Å². The van der Waals surface area contributed by atoms with Crippen molar-refractivity contribution >= 4 is 27.1 Å². The Kier molecular flexibility index (Phi) is 3.37. The zero-order valence-corrected chi connectivity index (χ0v) is 11.6. The highest BCUT2D eigenvalue weighted by Crippen LogP contribution is 2.27. The van der Waals surface area contributed by atoms with E-state index in [4.69, 9.17) is 0 Å². The molecule has 0 amide bonds. The van der Waals surface area contributed by atoms with Crippen molar-refractivity contribution in [2.75, 3.05) is 0 Å². The van der Waals surface area contributed by atoms with E-state index in [1.807, 2.05) is 5.70 Å². The molecule has 16 heavy (non-hydrogen) atoms. The lowest BCUT2D eigenvalue weighted by atomic mass is 9.93. The second-order valence-electron chi connectivity index (χ2n) is 3.88. The van der Waals surface area contributed by atoms with E-state index in [-0.39, 0.29) is 0 Å². The Hall–Kier alpha value is -1.60. The third-order valence-corrected chi connectivity index (χ3v) is 2.66. The van der Waals surface area contributed by atoms with Crippen LogP contribution in [0, 0.1) is 0 Å². The lowest BCUT2D eigenvalue weighted by Crippen LogP contribution is -1.91. The molecule has 3 rings (SSSR count). The molecule has 0 spiro atoms. The molecule has 0 atom stereocenters. The molecule has 0 nitrogen and oxygen atoms in total. The van der Waals surface area contributed by atoms with E-state index < -0.39 is 0 Å². The maximum atomic E-state index is 3.42. The largest absolute Gasteiger partial charge is 0.112 e. The van der Waals surface area contributed by atoms with Crippen molar-refractivity contribution in [3.05, 3.63) is 65.9 Å². The molecule has 0 heterocycles. The molecule has 0 saturated carbocycles. The molecule has 1 aliphatic carbocycles. The third kappa shape index (κ3) is 2.00. The number of allylic oxidation sites excluding steroid dienone is 1. The fraction of sp³-hybridized carbons (Fsp3) is 0.0667. The van der Waals surface area contributed by atoms with E-state index in [9.17, 15) is 0 Å². The van der Waals surface area contributed by atoms with Crippen LogP contribution in [0.5, 0.6) is 0 Å². The summed E-state index contributed by atoms with van der Waals surface area (Å²) < 4.78 is 0. The number of hydrogen-bond donors (Lipinski definition) is 0. The topological polar surface area (TPSA) is 0 Å². The fourth-order valence-corrected chi connectivity index (χ4v) is 2.07. The van der Waals surface area contributed by atoms with Crippen LogP contribution < -0.4 is 0 Å². The lowest BCUT2D eigenvalue weighted by Gasteiger charge is -2.11. The van der Waals surface area contributed by atoms with Crippen molar-refractivity contribution in [3.63, 3.8) is 0 Å². The highest BCUT2D eigenvalue weighted by molar-refractivity contribution is 6.16. The van der Waals surface area contributed by atoms with Crippen LogP contribution in [0.3, 0.4) is 0 Å². The molecule has 80 valence electrons. The van der Waals surface area contributed by atoms with E-state index >= 15 is 0 Å². The van der Waals surface area contributed by atoms with Crippen molar-refractivity contribution in [1.82, 2.24) is 0 Å². The summed E-state index contributed by atoms with van der Waals surface area (Å²) in [5, 5.41) is 2.80. The number of hydrogen-bond acceptors (Lipinski definition) is 0. The summed E-state index contributed by atoms with van der Waals surface area (Å²) in [5.41, 5.74) is 4.70. The van der Waals surface area contributed by atoms with Crippen LogP contribution in [0.25, 0.3) is 16.8 Å². The molecule has 0 aliphatic heterocycles. The van der Waals surface area contributed by atoms with Gasteiger partial charge in [-0.25, -0.2) is 0 Å². The quantitative estimate of drug-likeness (QED) is 0.604. The molecule has 1 heteroatoms. The molecule has 0 radical (unpaired) electrons. The highest BCUT2D eigenvalue weighted by Gasteiger charge is 2.06. The van der Waals surface area contributed by atoms with Crippen LogP contribution in [0.15, 0.2) is 54.8 Å². The third-order valence-electron chi connectivity index (χ3n) is 2.66. The molecule has 0 aromatic heterocycles. The van der Waals surface area contributed by atoms with Crippen LogP contribution in [0.1, 0.15) is 11.1 Å². The van der Waals surface area contributed by atoms with Crippen molar-refractivity contribution in [2.24, 2.45) is 0 Å². The predicted octanol–water partition coefficient (Wildman–Crippen LogP) is 2.90. The summed E-state index contributed by atoms with van der Waals surface area (Å²) in [6, 6.07) is 13.0. The maximum absolute atomic E-state index is 3.42. The molecule has 0 N–H and O–H groups in total. The molecule has 0 unspecified atom stereocenters. The van der Waals surface area contributed by atoms with Crippen LogP contribution in [0.4, 0.5) is 0 Å². The average Bonchev–Trinajstić information content (AvgIpc) is 2.31. The minimum atomic E-state index is 1.08. The minimum Gasteiger partial charge on any atom is -0.112 e. The Morgan fingerprint density at radius 1 is 1.12 bits per heavy atom. The minimum absolute atomic E-state index is 1.08. The van der Waals surface area contributed by atoms with Crippen molar-refractivity contribution in [3.8, 4) is 0 Å². The Morgan fingerprint density at radius 3 is 2.56 bits per heavy atom. The van der Waals surface area contributed by atoms with Gasteiger partial charge in [0.1, 0.15) is 0 Å². The zero-order valence-electron chi connectivity index (χ0n) is 9.61. The molecule has 0 bridgehead atoms. The van der Waals surface area contributed by atoms with E-state index in [0.29, 0.717) is 0 Å². The fourth-order valence-electron chi connectivity index (χ4n) is 2.07. The molecule has 2 aromatic rings. The second-order valence-corrected chi connectivity index (χ2v) is 4.69. The summed E-state index contributed by atoms with van der Waals surface area (Å²) in [6.45, 7) is 3.42.